The summed E-state index contributed by atoms with van der Waals surface area (Å²) < 4.78 is 0. The van der Waals surface area contributed by atoms with Crippen LogP contribution in [0.4, 0.5) is 11.5 Å². The molecule has 1 N–H and O–H groups in total. The number of carbonyl (C=O) groups is 2. The minimum Gasteiger partial charge on any atom is -0.383 e. The van der Waals surface area contributed by atoms with E-state index in [0.717, 1.165) is 25.7 Å². The third-order valence-electron chi connectivity index (χ3n) is 5.92. The van der Waals surface area contributed by atoms with Crippen LogP contribution in [-0.2, 0) is 4.79 Å². The van der Waals surface area contributed by atoms with Gasteiger partial charge in [0, 0.05) is 31.9 Å². The number of fused-ring (bicyclic) bond motifs is 1. The van der Waals surface area contributed by atoms with E-state index in [1.807, 2.05) is 44.1 Å². The summed E-state index contributed by atoms with van der Waals surface area (Å²) in [5.41, 5.74) is 1.63. The first kappa shape index (κ1) is 21.0. The normalized spacial score (nSPS) is 19.2. The Kier molecular flexibility index (Phi) is 6.02. The highest BCUT2D eigenvalue weighted by Gasteiger charge is 2.38. The van der Waals surface area contributed by atoms with Crippen molar-refractivity contribution >= 4 is 28.8 Å². The molecule has 0 bridgehead atoms. The van der Waals surface area contributed by atoms with Gasteiger partial charge in [0.2, 0.25) is 5.91 Å². The molecular formula is C24H29N5O2. The van der Waals surface area contributed by atoms with Gasteiger partial charge in [-0.25, -0.2) is 9.97 Å². The number of anilines is 2. The molecule has 1 aliphatic heterocycles. The fourth-order valence-electron chi connectivity index (χ4n) is 4.49. The van der Waals surface area contributed by atoms with Gasteiger partial charge >= 0.3 is 0 Å². The van der Waals surface area contributed by atoms with Crippen LogP contribution >= 0.6 is 0 Å². The van der Waals surface area contributed by atoms with E-state index >= 15 is 0 Å². The minimum atomic E-state index is -0.260. The SMILES string of the molecule is CC[C@@H]1C(=O)Nc2cnc(/C(=C/N(C)C)C(=O)c3ccccc3)nc2N1C1CCCC1. The molecule has 4 rings (SSSR count). The van der Waals surface area contributed by atoms with Gasteiger partial charge in [-0.1, -0.05) is 50.1 Å². The zero-order valence-electron chi connectivity index (χ0n) is 18.3. The molecule has 2 aromatic rings. The molecule has 0 spiro atoms. The Hall–Kier alpha value is -3.22. The number of Topliss-reactive ketones (excluding diaryl/α,β-unsaturated/α-hetero) is 1. The zero-order valence-corrected chi connectivity index (χ0v) is 18.3. The molecule has 1 atom stereocenters. The van der Waals surface area contributed by atoms with E-state index in [-0.39, 0.29) is 23.8 Å². The lowest BCUT2D eigenvalue weighted by atomic mass is 10.0. The molecule has 7 nitrogen and oxygen atoms in total. The Morgan fingerprint density at radius 3 is 2.58 bits per heavy atom. The van der Waals surface area contributed by atoms with Crippen LogP contribution in [0.15, 0.2) is 42.7 Å². The van der Waals surface area contributed by atoms with E-state index in [1.54, 1.807) is 24.5 Å². The maximum Gasteiger partial charge on any atom is 0.247 e. The van der Waals surface area contributed by atoms with Crippen molar-refractivity contribution in [3.63, 3.8) is 0 Å². The fraction of sp³-hybridized carbons (Fsp3) is 0.417. The van der Waals surface area contributed by atoms with E-state index in [9.17, 15) is 9.59 Å². The van der Waals surface area contributed by atoms with Crippen LogP contribution in [0.25, 0.3) is 5.57 Å². The smallest absolute Gasteiger partial charge is 0.247 e. The Bertz CT molecular complexity index is 996. The molecule has 31 heavy (non-hydrogen) atoms. The topological polar surface area (TPSA) is 78.4 Å². The standard InChI is InChI=1S/C24H29N5O2/c1-4-20-24(31)26-19-14-25-22(27-23(19)29(20)17-12-8-9-13-17)18(15-28(2)3)21(30)16-10-6-5-7-11-16/h5-7,10-11,14-15,17,20H,4,8-9,12-13H2,1-3H3,(H,26,31)/b18-15+/t20-/m1/s1. The summed E-state index contributed by atoms with van der Waals surface area (Å²) in [6.45, 7) is 2.02. The molecule has 1 aliphatic carbocycles. The van der Waals surface area contributed by atoms with Crippen molar-refractivity contribution < 1.29 is 9.59 Å². The summed E-state index contributed by atoms with van der Waals surface area (Å²) >= 11 is 0. The van der Waals surface area contributed by atoms with Gasteiger partial charge in [0.1, 0.15) is 11.7 Å². The number of carbonyl (C=O) groups excluding carboxylic acids is 2. The summed E-state index contributed by atoms with van der Waals surface area (Å²) in [7, 11) is 3.74. The summed E-state index contributed by atoms with van der Waals surface area (Å²) in [4.78, 5) is 39.4. The van der Waals surface area contributed by atoms with E-state index in [1.165, 1.54) is 0 Å². The highest BCUT2D eigenvalue weighted by molar-refractivity contribution is 6.28. The number of allylic oxidation sites excluding steroid dienone is 1. The molecule has 1 fully saturated rings. The highest BCUT2D eigenvalue weighted by atomic mass is 16.2. The predicted molar refractivity (Wildman–Crippen MR) is 122 cm³/mol. The lowest BCUT2D eigenvalue weighted by Gasteiger charge is -2.40. The van der Waals surface area contributed by atoms with Crippen LogP contribution in [0, 0.1) is 0 Å². The Labute approximate surface area is 183 Å². The first-order valence-electron chi connectivity index (χ1n) is 10.9. The molecule has 1 saturated carbocycles. The first-order valence-corrected chi connectivity index (χ1v) is 10.9. The second-order valence-electron chi connectivity index (χ2n) is 8.39. The summed E-state index contributed by atoms with van der Waals surface area (Å²) in [5.74, 6) is 0.945. The van der Waals surface area contributed by atoms with Crippen LogP contribution in [0.1, 0.15) is 55.2 Å². The number of aromatic nitrogens is 2. The van der Waals surface area contributed by atoms with Crippen molar-refractivity contribution in [2.75, 3.05) is 24.3 Å². The van der Waals surface area contributed by atoms with Crippen LogP contribution in [-0.4, -0.2) is 52.7 Å². The first-order chi connectivity index (χ1) is 15.0. The van der Waals surface area contributed by atoms with Crippen LogP contribution in [0.3, 0.4) is 0 Å². The van der Waals surface area contributed by atoms with Crippen molar-refractivity contribution in [3.05, 3.63) is 54.1 Å². The predicted octanol–water partition coefficient (Wildman–Crippen LogP) is 3.74. The summed E-state index contributed by atoms with van der Waals surface area (Å²) in [5, 5.41) is 2.96. The Balaban J connectivity index is 1.80. The van der Waals surface area contributed by atoms with Crippen LogP contribution in [0.2, 0.25) is 0 Å². The number of rotatable bonds is 6. The molecule has 7 heteroatoms. The average molecular weight is 420 g/mol. The lowest BCUT2D eigenvalue weighted by molar-refractivity contribution is -0.117. The zero-order chi connectivity index (χ0) is 22.0. The van der Waals surface area contributed by atoms with Gasteiger partial charge in [0.05, 0.1) is 11.8 Å². The maximum absolute atomic E-state index is 13.3. The number of hydrogen-bond donors (Lipinski definition) is 1. The van der Waals surface area contributed by atoms with E-state index < -0.39 is 0 Å². The number of benzene rings is 1. The minimum absolute atomic E-state index is 0.0114. The van der Waals surface area contributed by atoms with Crippen LogP contribution < -0.4 is 10.2 Å². The van der Waals surface area contributed by atoms with Gasteiger partial charge in [0.15, 0.2) is 17.4 Å². The number of nitrogens with zero attached hydrogens (tertiary/aromatic N) is 4. The summed E-state index contributed by atoms with van der Waals surface area (Å²) in [6.07, 6.45) is 8.50. The largest absolute Gasteiger partial charge is 0.383 e. The van der Waals surface area contributed by atoms with Gasteiger partial charge in [-0.2, -0.15) is 0 Å². The maximum atomic E-state index is 13.3. The molecule has 2 heterocycles. The molecule has 1 amide bonds. The third-order valence-corrected chi connectivity index (χ3v) is 5.92. The molecule has 0 saturated heterocycles. The lowest BCUT2D eigenvalue weighted by Crippen LogP contribution is -2.52. The van der Waals surface area contributed by atoms with Crippen LogP contribution in [0.5, 0.6) is 0 Å². The molecule has 2 aliphatic rings. The van der Waals surface area contributed by atoms with Crippen molar-refractivity contribution in [1.82, 2.24) is 14.9 Å². The molecule has 1 aromatic carbocycles. The second-order valence-corrected chi connectivity index (χ2v) is 8.39. The van der Waals surface area contributed by atoms with Gasteiger partial charge in [-0.05, 0) is 19.3 Å². The number of nitrogens with one attached hydrogen (secondary N) is 1. The molecule has 1 aromatic heterocycles. The Morgan fingerprint density at radius 2 is 1.94 bits per heavy atom. The van der Waals surface area contributed by atoms with Crippen molar-refractivity contribution in [1.29, 1.82) is 0 Å². The van der Waals surface area contributed by atoms with E-state index in [0.29, 0.717) is 34.9 Å². The van der Waals surface area contributed by atoms with Crippen molar-refractivity contribution in [2.45, 2.75) is 51.1 Å². The molecule has 0 unspecified atom stereocenters. The number of hydrogen-bond acceptors (Lipinski definition) is 6. The van der Waals surface area contributed by atoms with Gasteiger partial charge in [0.25, 0.3) is 0 Å². The highest BCUT2D eigenvalue weighted by Crippen LogP contribution is 2.37. The number of amides is 1. The molecular weight excluding hydrogens is 390 g/mol. The van der Waals surface area contributed by atoms with Gasteiger partial charge in [-0.15, -0.1) is 0 Å². The summed E-state index contributed by atoms with van der Waals surface area (Å²) in [6, 6.07) is 9.18. The average Bonchev–Trinajstić information content (AvgIpc) is 3.31. The molecule has 0 radical (unpaired) electrons. The van der Waals surface area contributed by atoms with Crippen molar-refractivity contribution in [3.8, 4) is 0 Å². The third kappa shape index (κ3) is 4.17. The number of ketones is 1. The van der Waals surface area contributed by atoms with Gasteiger partial charge in [-0.3, -0.25) is 9.59 Å². The van der Waals surface area contributed by atoms with E-state index in [2.05, 4.69) is 15.2 Å². The monoisotopic (exact) mass is 419 g/mol. The molecule has 162 valence electrons. The second kappa shape index (κ2) is 8.88. The van der Waals surface area contributed by atoms with E-state index in [4.69, 9.17) is 4.98 Å². The Morgan fingerprint density at radius 1 is 1.23 bits per heavy atom. The fourth-order valence-corrected chi connectivity index (χ4v) is 4.49. The van der Waals surface area contributed by atoms with Crippen molar-refractivity contribution in [2.24, 2.45) is 0 Å². The van der Waals surface area contributed by atoms with Gasteiger partial charge < -0.3 is 15.1 Å². The quantitative estimate of drug-likeness (QED) is 0.568.